The van der Waals surface area contributed by atoms with Gasteiger partial charge in [0.2, 0.25) is 0 Å². The zero-order valence-electron chi connectivity index (χ0n) is 10.9. The van der Waals surface area contributed by atoms with Crippen molar-refractivity contribution >= 4 is 0 Å². The van der Waals surface area contributed by atoms with E-state index in [2.05, 4.69) is 19.2 Å². The summed E-state index contributed by atoms with van der Waals surface area (Å²) in [7, 11) is 1.70. The van der Waals surface area contributed by atoms with Crippen LogP contribution in [0.4, 0.5) is 0 Å². The van der Waals surface area contributed by atoms with Crippen LogP contribution >= 0.6 is 0 Å². The fourth-order valence-electron chi connectivity index (χ4n) is 1.49. The van der Waals surface area contributed by atoms with Gasteiger partial charge in [0.1, 0.15) is 12.4 Å². The van der Waals surface area contributed by atoms with Gasteiger partial charge in [0, 0.05) is 7.11 Å². The molecular formula is C16H20O2. The molecule has 0 saturated heterocycles. The lowest BCUT2D eigenvalue weighted by molar-refractivity contribution is 0.201. The third kappa shape index (κ3) is 5.02. The summed E-state index contributed by atoms with van der Waals surface area (Å²) >= 11 is 0. The first-order valence-corrected chi connectivity index (χ1v) is 5.94. The Hall–Kier alpha value is -1.80. The average Bonchev–Trinajstić information content (AvgIpc) is 2.41. The average molecular weight is 244 g/mol. The summed E-state index contributed by atoms with van der Waals surface area (Å²) in [6.07, 6.45) is 6.31. The summed E-state index contributed by atoms with van der Waals surface area (Å²) in [5.74, 6) is 0.891. The molecule has 0 aliphatic carbocycles. The van der Waals surface area contributed by atoms with Crippen LogP contribution in [0, 0.1) is 0 Å². The molecule has 0 radical (unpaired) electrons. The predicted molar refractivity (Wildman–Crippen MR) is 76.0 cm³/mol. The molecule has 0 heterocycles. The van der Waals surface area contributed by atoms with Crippen LogP contribution in [0.25, 0.3) is 0 Å². The highest BCUT2D eigenvalue weighted by Crippen LogP contribution is 2.19. The molecule has 0 bridgehead atoms. The molecule has 0 atom stereocenters. The predicted octanol–water partition coefficient (Wildman–Crippen LogP) is 3.55. The minimum absolute atomic E-state index is 0.480. The van der Waals surface area contributed by atoms with E-state index in [1.807, 2.05) is 30.4 Å². The summed E-state index contributed by atoms with van der Waals surface area (Å²) < 4.78 is 10.8. The Kier molecular flexibility index (Phi) is 6.59. The molecule has 0 aliphatic heterocycles. The third-order valence-corrected chi connectivity index (χ3v) is 2.43. The Morgan fingerprint density at radius 2 is 2.11 bits per heavy atom. The lowest BCUT2D eigenvalue weighted by Gasteiger charge is -2.11. The van der Waals surface area contributed by atoms with Crippen molar-refractivity contribution < 1.29 is 9.47 Å². The molecule has 1 rings (SSSR count). The Balaban J connectivity index is 2.58. The Morgan fingerprint density at radius 3 is 2.83 bits per heavy atom. The molecule has 0 aromatic heterocycles. The normalized spacial score (nSPS) is 10.5. The zero-order chi connectivity index (χ0) is 13.2. The summed E-state index contributed by atoms with van der Waals surface area (Å²) in [5.41, 5.74) is 2.07. The van der Waals surface area contributed by atoms with E-state index in [1.54, 1.807) is 13.2 Å². The second kappa shape index (κ2) is 8.31. The molecule has 0 aliphatic rings. The van der Waals surface area contributed by atoms with E-state index in [0.717, 1.165) is 23.3 Å². The van der Waals surface area contributed by atoms with Gasteiger partial charge in [-0.2, -0.15) is 0 Å². The van der Waals surface area contributed by atoms with Gasteiger partial charge in [-0.25, -0.2) is 0 Å². The molecule has 0 spiro atoms. The highest BCUT2D eigenvalue weighted by atomic mass is 16.5. The number of benzene rings is 1. The lowest BCUT2D eigenvalue weighted by atomic mass is 10.1. The number of para-hydroxylation sites is 1. The minimum Gasteiger partial charge on any atom is -0.489 e. The molecule has 0 amide bonds. The van der Waals surface area contributed by atoms with Crippen LogP contribution in [-0.4, -0.2) is 20.3 Å². The third-order valence-electron chi connectivity index (χ3n) is 2.43. The maximum atomic E-state index is 5.75. The van der Waals surface area contributed by atoms with Crippen molar-refractivity contribution in [3.63, 3.8) is 0 Å². The molecule has 1 aromatic carbocycles. The Bertz CT molecular complexity index is 419. The van der Waals surface area contributed by atoms with Crippen LogP contribution in [0.1, 0.15) is 5.56 Å². The van der Waals surface area contributed by atoms with Gasteiger partial charge >= 0.3 is 0 Å². The second-order valence-corrected chi connectivity index (χ2v) is 3.89. The summed E-state index contributed by atoms with van der Waals surface area (Å²) in [4.78, 5) is 0. The smallest absolute Gasteiger partial charge is 0.123 e. The maximum absolute atomic E-state index is 5.75. The quantitative estimate of drug-likeness (QED) is 0.651. The van der Waals surface area contributed by atoms with E-state index in [1.165, 1.54) is 0 Å². The molecule has 0 N–H and O–H groups in total. The van der Waals surface area contributed by atoms with Crippen LogP contribution in [0.15, 0.2) is 61.2 Å². The van der Waals surface area contributed by atoms with E-state index in [-0.39, 0.29) is 0 Å². The first-order valence-electron chi connectivity index (χ1n) is 5.94. The standard InChI is InChI=1S/C16H20O2/c1-4-5-8-14(2)13-18-16-10-7-6-9-15(16)11-12-17-3/h4-10H,1-2,11-13H2,3H3/b8-5-. The van der Waals surface area contributed by atoms with Gasteiger partial charge in [-0.15, -0.1) is 0 Å². The number of rotatable bonds is 8. The van der Waals surface area contributed by atoms with Crippen molar-refractivity contribution in [2.45, 2.75) is 6.42 Å². The van der Waals surface area contributed by atoms with Gasteiger partial charge in [0.25, 0.3) is 0 Å². The van der Waals surface area contributed by atoms with Crippen molar-refractivity contribution in [2.24, 2.45) is 0 Å². The number of methoxy groups -OCH3 is 1. The van der Waals surface area contributed by atoms with E-state index in [4.69, 9.17) is 9.47 Å². The molecule has 18 heavy (non-hydrogen) atoms. The Morgan fingerprint density at radius 1 is 1.33 bits per heavy atom. The van der Waals surface area contributed by atoms with Crippen LogP contribution in [0.2, 0.25) is 0 Å². The lowest BCUT2D eigenvalue weighted by Crippen LogP contribution is -2.03. The Labute approximate surface area is 109 Å². The largest absolute Gasteiger partial charge is 0.489 e. The molecule has 0 unspecified atom stereocenters. The first kappa shape index (κ1) is 14.3. The van der Waals surface area contributed by atoms with Crippen LogP contribution in [-0.2, 0) is 11.2 Å². The minimum atomic E-state index is 0.480. The second-order valence-electron chi connectivity index (χ2n) is 3.89. The summed E-state index contributed by atoms with van der Waals surface area (Å²) in [6, 6.07) is 7.99. The van der Waals surface area contributed by atoms with Crippen molar-refractivity contribution in [1.82, 2.24) is 0 Å². The number of allylic oxidation sites excluding steroid dienone is 2. The molecule has 96 valence electrons. The molecule has 1 aromatic rings. The molecule has 2 heteroatoms. The zero-order valence-corrected chi connectivity index (χ0v) is 10.9. The highest BCUT2D eigenvalue weighted by molar-refractivity contribution is 5.34. The van der Waals surface area contributed by atoms with Crippen molar-refractivity contribution in [3.8, 4) is 5.75 Å². The molecule has 0 saturated carbocycles. The maximum Gasteiger partial charge on any atom is 0.123 e. The number of hydrogen-bond donors (Lipinski definition) is 0. The van der Waals surface area contributed by atoms with Gasteiger partial charge in [-0.3, -0.25) is 0 Å². The molecular weight excluding hydrogens is 224 g/mol. The van der Waals surface area contributed by atoms with Gasteiger partial charge in [0.15, 0.2) is 0 Å². The van der Waals surface area contributed by atoms with Crippen LogP contribution in [0.5, 0.6) is 5.75 Å². The highest BCUT2D eigenvalue weighted by Gasteiger charge is 2.02. The van der Waals surface area contributed by atoms with Gasteiger partial charge in [0.05, 0.1) is 6.61 Å². The number of hydrogen-bond acceptors (Lipinski definition) is 2. The summed E-state index contributed by atoms with van der Waals surface area (Å²) in [6.45, 7) is 8.70. The van der Waals surface area contributed by atoms with Gasteiger partial charge in [-0.05, 0) is 23.6 Å². The topological polar surface area (TPSA) is 18.5 Å². The van der Waals surface area contributed by atoms with E-state index >= 15 is 0 Å². The van der Waals surface area contributed by atoms with Crippen LogP contribution in [0.3, 0.4) is 0 Å². The summed E-state index contributed by atoms with van der Waals surface area (Å²) in [5, 5.41) is 0. The van der Waals surface area contributed by atoms with Crippen molar-refractivity contribution in [3.05, 3.63) is 66.8 Å². The number of ether oxygens (including phenoxy) is 2. The van der Waals surface area contributed by atoms with E-state index in [0.29, 0.717) is 13.2 Å². The van der Waals surface area contributed by atoms with Gasteiger partial charge in [-0.1, -0.05) is 49.6 Å². The van der Waals surface area contributed by atoms with E-state index < -0.39 is 0 Å². The van der Waals surface area contributed by atoms with Crippen LogP contribution < -0.4 is 4.74 Å². The fourth-order valence-corrected chi connectivity index (χ4v) is 1.49. The fraction of sp³-hybridized carbons (Fsp3) is 0.250. The van der Waals surface area contributed by atoms with Crippen molar-refractivity contribution in [1.29, 1.82) is 0 Å². The molecule has 2 nitrogen and oxygen atoms in total. The first-order chi connectivity index (χ1) is 8.77. The molecule has 0 fully saturated rings. The van der Waals surface area contributed by atoms with E-state index in [9.17, 15) is 0 Å². The SMILES string of the molecule is C=C/C=C\C(=C)COc1ccccc1CCOC. The van der Waals surface area contributed by atoms with Crippen molar-refractivity contribution in [2.75, 3.05) is 20.3 Å². The van der Waals surface area contributed by atoms with Gasteiger partial charge < -0.3 is 9.47 Å². The monoisotopic (exact) mass is 244 g/mol.